The zero-order valence-corrected chi connectivity index (χ0v) is 17.0. The molecule has 10 heteroatoms. The number of rotatable bonds is 7. The predicted molar refractivity (Wildman–Crippen MR) is 109 cm³/mol. The van der Waals surface area contributed by atoms with Crippen molar-refractivity contribution in [3.05, 3.63) is 51.4 Å². The molecule has 8 nitrogen and oxygen atoms in total. The molecule has 0 aliphatic rings. The molecule has 0 bridgehead atoms. The van der Waals surface area contributed by atoms with Crippen LogP contribution in [-0.2, 0) is 12.2 Å². The first-order valence-corrected chi connectivity index (χ1v) is 10.5. The summed E-state index contributed by atoms with van der Waals surface area (Å²) in [6.07, 6.45) is 1.83. The third-order valence-corrected chi connectivity index (χ3v) is 5.81. The van der Waals surface area contributed by atoms with Crippen molar-refractivity contribution < 1.29 is 4.74 Å². The Kier molecular flexibility index (Phi) is 5.40. The van der Waals surface area contributed by atoms with Crippen LogP contribution in [0.15, 0.2) is 40.3 Å². The van der Waals surface area contributed by atoms with Gasteiger partial charge in [0.25, 0.3) is 5.56 Å². The van der Waals surface area contributed by atoms with Crippen molar-refractivity contribution in [2.45, 2.75) is 30.7 Å². The smallest absolute Gasteiger partial charge is 0.275 e. The number of H-pyrrole nitrogens is 1. The highest BCUT2D eigenvalue weighted by Gasteiger charge is 2.11. The van der Waals surface area contributed by atoms with Gasteiger partial charge < -0.3 is 4.74 Å². The van der Waals surface area contributed by atoms with Crippen molar-refractivity contribution in [1.82, 2.24) is 29.8 Å². The minimum Gasteiger partial charge on any atom is -0.497 e. The lowest BCUT2D eigenvalue weighted by Gasteiger charge is -2.00. The van der Waals surface area contributed by atoms with Gasteiger partial charge in [0, 0.05) is 23.8 Å². The number of aryl methyl sites for hydroxylation is 1. The Morgan fingerprint density at radius 1 is 1.29 bits per heavy atom. The van der Waals surface area contributed by atoms with E-state index in [0.717, 1.165) is 29.2 Å². The Bertz CT molecular complexity index is 1170. The van der Waals surface area contributed by atoms with Gasteiger partial charge in [-0.25, -0.2) is 9.97 Å². The Balaban J connectivity index is 1.50. The summed E-state index contributed by atoms with van der Waals surface area (Å²) in [5.74, 6) is 1.92. The largest absolute Gasteiger partial charge is 0.497 e. The van der Waals surface area contributed by atoms with Crippen LogP contribution in [0.4, 0.5) is 0 Å². The maximum atomic E-state index is 12.3. The molecule has 0 unspecified atom stereocenters. The normalized spacial score (nSPS) is 11.2. The Labute approximate surface area is 169 Å². The number of fused-ring (bicyclic) bond motifs is 1. The summed E-state index contributed by atoms with van der Waals surface area (Å²) in [6, 6.07) is 9.12. The highest BCUT2D eigenvalue weighted by atomic mass is 32.2. The Morgan fingerprint density at radius 2 is 2.18 bits per heavy atom. The Hall–Kier alpha value is -2.72. The fraction of sp³-hybridized carbons (Fsp3) is 0.278. The fourth-order valence-electron chi connectivity index (χ4n) is 2.63. The maximum Gasteiger partial charge on any atom is 0.275 e. The molecule has 0 spiro atoms. The molecule has 4 aromatic rings. The van der Waals surface area contributed by atoms with Gasteiger partial charge in [-0.3, -0.25) is 9.89 Å². The van der Waals surface area contributed by atoms with Gasteiger partial charge in [0.15, 0.2) is 5.82 Å². The molecule has 0 aliphatic heterocycles. The summed E-state index contributed by atoms with van der Waals surface area (Å²) in [6.45, 7) is 2.08. The van der Waals surface area contributed by atoms with E-state index < -0.39 is 0 Å². The van der Waals surface area contributed by atoms with Gasteiger partial charge in [-0.15, -0.1) is 5.10 Å². The SMILES string of the molecule is CCCc1nn2c(=O)cc(CSc3n[nH]c(-c4cccc(OC)c4)n3)nc2s1. The van der Waals surface area contributed by atoms with E-state index in [1.165, 1.54) is 33.7 Å². The molecular weight excluding hydrogens is 396 g/mol. The predicted octanol–water partition coefficient (Wildman–Crippen LogP) is 3.19. The van der Waals surface area contributed by atoms with Crippen LogP contribution in [0.5, 0.6) is 5.75 Å². The molecule has 3 aromatic heterocycles. The third kappa shape index (κ3) is 3.92. The summed E-state index contributed by atoms with van der Waals surface area (Å²) in [4.78, 5) is 22.0. The molecule has 144 valence electrons. The second-order valence-electron chi connectivity index (χ2n) is 6.01. The van der Waals surface area contributed by atoms with Crippen LogP contribution in [0.1, 0.15) is 24.0 Å². The lowest BCUT2D eigenvalue weighted by molar-refractivity contribution is 0.415. The molecule has 1 aromatic carbocycles. The monoisotopic (exact) mass is 414 g/mol. The number of ether oxygens (including phenoxy) is 1. The van der Waals surface area contributed by atoms with Crippen LogP contribution in [0.2, 0.25) is 0 Å². The van der Waals surface area contributed by atoms with Crippen molar-refractivity contribution in [3.8, 4) is 17.1 Å². The van der Waals surface area contributed by atoms with E-state index in [1.807, 2.05) is 24.3 Å². The number of nitrogens with one attached hydrogen (secondary N) is 1. The Morgan fingerprint density at radius 3 is 3.00 bits per heavy atom. The lowest BCUT2D eigenvalue weighted by Crippen LogP contribution is -2.15. The summed E-state index contributed by atoms with van der Waals surface area (Å²) >= 11 is 2.88. The lowest BCUT2D eigenvalue weighted by atomic mass is 10.2. The summed E-state index contributed by atoms with van der Waals surface area (Å²) < 4.78 is 6.61. The van der Waals surface area contributed by atoms with E-state index in [2.05, 4.69) is 32.2 Å². The second-order valence-corrected chi connectivity index (χ2v) is 8.00. The topological polar surface area (TPSA) is 98.1 Å². The molecule has 1 N–H and O–H groups in total. The summed E-state index contributed by atoms with van der Waals surface area (Å²) in [5, 5.41) is 13.0. The van der Waals surface area contributed by atoms with E-state index in [0.29, 0.717) is 27.4 Å². The first-order chi connectivity index (χ1) is 13.7. The average molecular weight is 415 g/mol. The quantitative estimate of drug-likeness (QED) is 0.464. The number of hydrogen-bond acceptors (Lipinski definition) is 8. The van der Waals surface area contributed by atoms with E-state index in [9.17, 15) is 4.79 Å². The van der Waals surface area contributed by atoms with Crippen LogP contribution >= 0.6 is 23.1 Å². The van der Waals surface area contributed by atoms with Gasteiger partial charge in [0.1, 0.15) is 10.8 Å². The first-order valence-electron chi connectivity index (χ1n) is 8.74. The molecule has 0 amide bonds. The standard InChI is InChI=1S/C18H18N6O2S2/c1-3-5-14-23-24-15(25)9-12(19-18(24)28-14)10-27-17-20-16(21-22-17)11-6-4-7-13(8-11)26-2/h4,6-9H,3,5,10H2,1-2H3,(H,20,21,22). The molecular formula is C18H18N6O2S2. The van der Waals surface area contributed by atoms with Crippen LogP contribution in [-0.4, -0.2) is 36.9 Å². The number of aromatic nitrogens is 6. The molecule has 0 fully saturated rings. The van der Waals surface area contributed by atoms with Crippen molar-refractivity contribution in [3.63, 3.8) is 0 Å². The molecule has 28 heavy (non-hydrogen) atoms. The number of methoxy groups -OCH3 is 1. The van der Waals surface area contributed by atoms with Crippen molar-refractivity contribution in [2.75, 3.05) is 7.11 Å². The van der Waals surface area contributed by atoms with Gasteiger partial charge in [-0.1, -0.05) is 42.2 Å². The first kappa shape index (κ1) is 18.6. The molecule has 4 rings (SSSR count). The molecule has 0 radical (unpaired) electrons. The van der Waals surface area contributed by atoms with Gasteiger partial charge >= 0.3 is 0 Å². The van der Waals surface area contributed by atoms with E-state index in [4.69, 9.17) is 4.74 Å². The van der Waals surface area contributed by atoms with Crippen LogP contribution < -0.4 is 10.3 Å². The zero-order chi connectivity index (χ0) is 19.5. The van der Waals surface area contributed by atoms with E-state index in [1.54, 1.807) is 7.11 Å². The molecule has 3 heterocycles. The van der Waals surface area contributed by atoms with E-state index >= 15 is 0 Å². The highest BCUT2D eigenvalue weighted by Crippen LogP contribution is 2.24. The van der Waals surface area contributed by atoms with Gasteiger partial charge in [0.05, 0.1) is 12.8 Å². The van der Waals surface area contributed by atoms with Gasteiger partial charge in [-0.2, -0.15) is 9.61 Å². The number of aromatic amines is 1. The minimum atomic E-state index is -0.161. The minimum absolute atomic E-state index is 0.161. The van der Waals surface area contributed by atoms with E-state index in [-0.39, 0.29) is 5.56 Å². The highest BCUT2D eigenvalue weighted by molar-refractivity contribution is 7.98. The fourth-order valence-corrected chi connectivity index (χ4v) is 4.34. The molecule has 0 aliphatic carbocycles. The van der Waals surface area contributed by atoms with Crippen molar-refractivity contribution in [1.29, 1.82) is 0 Å². The third-order valence-electron chi connectivity index (χ3n) is 3.96. The van der Waals surface area contributed by atoms with Crippen molar-refractivity contribution in [2.24, 2.45) is 0 Å². The number of benzene rings is 1. The summed E-state index contributed by atoms with van der Waals surface area (Å²) in [7, 11) is 1.63. The van der Waals surface area contributed by atoms with Crippen LogP contribution in [0.3, 0.4) is 0 Å². The molecule has 0 atom stereocenters. The molecule has 0 saturated heterocycles. The van der Waals surface area contributed by atoms with Crippen molar-refractivity contribution >= 4 is 28.1 Å². The van der Waals surface area contributed by atoms with Crippen LogP contribution in [0, 0.1) is 0 Å². The van der Waals surface area contributed by atoms with Gasteiger partial charge in [0.2, 0.25) is 10.1 Å². The summed E-state index contributed by atoms with van der Waals surface area (Å²) in [5.41, 5.74) is 1.42. The average Bonchev–Trinajstić information content (AvgIpc) is 3.34. The number of hydrogen-bond donors (Lipinski definition) is 1. The zero-order valence-electron chi connectivity index (χ0n) is 15.4. The maximum absolute atomic E-state index is 12.3. The second kappa shape index (κ2) is 8.11. The van der Waals surface area contributed by atoms with Crippen LogP contribution in [0.25, 0.3) is 16.3 Å². The van der Waals surface area contributed by atoms with Gasteiger partial charge in [-0.05, 0) is 18.6 Å². The molecule has 0 saturated carbocycles. The number of thioether (sulfide) groups is 1. The number of nitrogens with zero attached hydrogens (tertiary/aromatic N) is 5.